The van der Waals surface area contributed by atoms with E-state index in [1.54, 1.807) is 0 Å². The third-order valence-electron chi connectivity index (χ3n) is 7.31. The molecule has 40 heavy (non-hydrogen) atoms. The van der Waals surface area contributed by atoms with Gasteiger partial charge < -0.3 is 20.0 Å². The van der Waals surface area contributed by atoms with E-state index in [0.717, 1.165) is 58.9 Å². The SMILES string of the molecule is O=C([O-])CCCCCCCNC(=O)c1cccc2c3c(ccc12)OC(c1ccccc1)(c1ccccc1)C=C3.[Na+]. The molecule has 0 saturated heterocycles. The number of rotatable bonds is 11. The fraction of sp³-hybridized carbons (Fsp3) is 0.235. The van der Waals surface area contributed by atoms with E-state index in [0.29, 0.717) is 18.5 Å². The van der Waals surface area contributed by atoms with Crippen molar-refractivity contribution in [3.8, 4) is 5.75 Å². The first kappa shape index (κ1) is 29.6. The maximum absolute atomic E-state index is 13.1. The van der Waals surface area contributed by atoms with E-state index >= 15 is 0 Å². The minimum atomic E-state index is -0.993. The van der Waals surface area contributed by atoms with Gasteiger partial charge in [-0.15, -0.1) is 0 Å². The zero-order valence-corrected chi connectivity index (χ0v) is 24.9. The molecule has 0 unspecified atom stereocenters. The molecule has 4 aromatic rings. The van der Waals surface area contributed by atoms with E-state index in [1.165, 1.54) is 0 Å². The average Bonchev–Trinajstić information content (AvgIpc) is 2.98. The van der Waals surface area contributed by atoms with Crippen LogP contribution >= 0.6 is 0 Å². The summed E-state index contributed by atoms with van der Waals surface area (Å²) in [5, 5.41) is 15.4. The Morgan fingerprint density at radius 3 is 2.05 bits per heavy atom. The molecule has 0 radical (unpaired) electrons. The number of ether oxygens (including phenoxy) is 1. The van der Waals surface area contributed by atoms with Crippen LogP contribution in [0.4, 0.5) is 0 Å². The molecule has 0 saturated carbocycles. The summed E-state index contributed by atoms with van der Waals surface area (Å²) in [6.07, 6.45) is 8.59. The summed E-state index contributed by atoms with van der Waals surface area (Å²) in [6.45, 7) is 0.584. The quantitative estimate of drug-likeness (QED) is 0.234. The van der Waals surface area contributed by atoms with Crippen LogP contribution in [0.3, 0.4) is 0 Å². The largest absolute Gasteiger partial charge is 1.00 e. The number of nitrogens with one attached hydrogen (secondary N) is 1. The molecule has 0 aliphatic carbocycles. The summed E-state index contributed by atoms with van der Waals surface area (Å²) in [6, 6.07) is 30.2. The second kappa shape index (κ2) is 13.8. The number of benzene rings is 4. The van der Waals surface area contributed by atoms with Crippen LogP contribution in [0.1, 0.15) is 65.6 Å². The standard InChI is InChI=1S/C34H33NO4.Na/c36-32(37)19-10-2-1-3-11-24-35-33(38)30-18-12-17-27-28(30)20-21-31-29(27)22-23-34(39-31,25-13-6-4-7-14-25)26-15-8-5-9-16-26;/h4-9,12-18,20-23H,1-3,10-11,19,24H2,(H,35,38)(H,36,37);/q;+1/p-1. The van der Waals surface area contributed by atoms with Gasteiger partial charge in [0.1, 0.15) is 5.75 Å². The molecule has 0 fully saturated rings. The smallest absolute Gasteiger partial charge is 0.550 e. The van der Waals surface area contributed by atoms with Crippen molar-refractivity contribution in [3.05, 3.63) is 119 Å². The average molecular weight is 542 g/mol. The van der Waals surface area contributed by atoms with Gasteiger partial charge in [0, 0.05) is 34.8 Å². The summed E-state index contributed by atoms with van der Waals surface area (Å²) in [7, 11) is 0. The minimum absolute atomic E-state index is 0. The minimum Gasteiger partial charge on any atom is -0.550 e. The third kappa shape index (κ3) is 6.49. The predicted octanol–water partition coefficient (Wildman–Crippen LogP) is 3.01. The van der Waals surface area contributed by atoms with Gasteiger partial charge in [-0.05, 0) is 60.4 Å². The summed E-state index contributed by atoms with van der Waals surface area (Å²) in [4.78, 5) is 23.6. The van der Waals surface area contributed by atoms with Crippen molar-refractivity contribution in [2.24, 2.45) is 0 Å². The molecule has 1 aliphatic rings. The van der Waals surface area contributed by atoms with Gasteiger partial charge >= 0.3 is 29.6 Å². The van der Waals surface area contributed by atoms with E-state index < -0.39 is 11.6 Å². The molecule has 0 spiro atoms. The molecule has 1 aliphatic heterocycles. The molecule has 1 amide bonds. The third-order valence-corrected chi connectivity index (χ3v) is 7.31. The van der Waals surface area contributed by atoms with E-state index in [4.69, 9.17) is 4.74 Å². The Morgan fingerprint density at radius 2 is 1.38 bits per heavy atom. The number of carbonyl (C=O) groups is 2. The molecular formula is C34H32NNaO4. The van der Waals surface area contributed by atoms with Crippen LogP contribution in [0.15, 0.2) is 97.1 Å². The van der Waals surface area contributed by atoms with Crippen molar-refractivity contribution in [1.82, 2.24) is 5.32 Å². The molecule has 5 nitrogen and oxygen atoms in total. The number of fused-ring (bicyclic) bond motifs is 3. The topological polar surface area (TPSA) is 78.5 Å². The van der Waals surface area contributed by atoms with Crippen LogP contribution < -0.4 is 44.7 Å². The van der Waals surface area contributed by atoms with Gasteiger partial charge in [-0.1, -0.05) is 92.1 Å². The summed E-state index contributed by atoms with van der Waals surface area (Å²) in [5.41, 5.74) is 2.94. The van der Waals surface area contributed by atoms with E-state index in [1.807, 2.05) is 66.7 Å². The van der Waals surface area contributed by atoms with Gasteiger partial charge in [0.25, 0.3) is 5.91 Å². The van der Waals surface area contributed by atoms with Crippen molar-refractivity contribution in [3.63, 3.8) is 0 Å². The molecule has 4 aromatic carbocycles. The van der Waals surface area contributed by atoms with Crippen LogP contribution in [-0.4, -0.2) is 18.4 Å². The number of hydrogen-bond donors (Lipinski definition) is 1. The predicted molar refractivity (Wildman–Crippen MR) is 152 cm³/mol. The van der Waals surface area contributed by atoms with E-state index in [-0.39, 0.29) is 41.9 Å². The van der Waals surface area contributed by atoms with Gasteiger partial charge in [-0.3, -0.25) is 4.79 Å². The molecule has 1 N–H and O–H groups in total. The summed E-state index contributed by atoms with van der Waals surface area (Å²) in [5.74, 6) is -0.317. The molecule has 5 rings (SSSR count). The monoisotopic (exact) mass is 541 g/mol. The van der Waals surface area contributed by atoms with Crippen molar-refractivity contribution in [1.29, 1.82) is 0 Å². The van der Waals surface area contributed by atoms with Gasteiger partial charge in [0.05, 0.1) is 0 Å². The Balaban J connectivity index is 0.00000370. The van der Waals surface area contributed by atoms with Crippen LogP contribution in [-0.2, 0) is 10.4 Å². The second-order valence-electron chi connectivity index (χ2n) is 9.93. The Morgan fingerprint density at radius 1 is 0.725 bits per heavy atom. The number of unbranched alkanes of at least 4 members (excludes halogenated alkanes) is 4. The maximum atomic E-state index is 13.1. The fourth-order valence-corrected chi connectivity index (χ4v) is 5.30. The van der Waals surface area contributed by atoms with E-state index in [2.05, 4.69) is 41.7 Å². The molecular weight excluding hydrogens is 509 g/mol. The normalized spacial score (nSPS) is 13.1. The molecule has 0 bridgehead atoms. The first-order valence-corrected chi connectivity index (χ1v) is 13.6. The zero-order chi connectivity index (χ0) is 27.1. The molecule has 1 heterocycles. The van der Waals surface area contributed by atoms with Crippen molar-refractivity contribution in [2.75, 3.05) is 6.54 Å². The van der Waals surface area contributed by atoms with Crippen molar-refractivity contribution >= 4 is 28.7 Å². The van der Waals surface area contributed by atoms with Crippen LogP contribution in [0.2, 0.25) is 0 Å². The van der Waals surface area contributed by atoms with Crippen molar-refractivity contribution < 1.29 is 49.0 Å². The summed E-state index contributed by atoms with van der Waals surface area (Å²) >= 11 is 0. The number of aliphatic carboxylic acids is 1. The number of carboxylic acids is 1. The summed E-state index contributed by atoms with van der Waals surface area (Å²) < 4.78 is 6.81. The van der Waals surface area contributed by atoms with Gasteiger partial charge in [-0.2, -0.15) is 0 Å². The van der Waals surface area contributed by atoms with Crippen LogP contribution in [0.5, 0.6) is 5.75 Å². The fourth-order valence-electron chi connectivity index (χ4n) is 5.30. The second-order valence-corrected chi connectivity index (χ2v) is 9.93. The number of carbonyl (C=O) groups excluding carboxylic acids is 2. The molecule has 6 heteroatoms. The van der Waals surface area contributed by atoms with E-state index in [9.17, 15) is 14.7 Å². The first-order chi connectivity index (χ1) is 19.1. The maximum Gasteiger partial charge on any atom is 1.00 e. The Hall–Kier alpha value is -3.38. The zero-order valence-electron chi connectivity index (χ0n) is 22.9. The molecule has 0 aromatic heterocycles. The Bertz CT molecular complexity index is 1440. The Kier molecular flexibility index (Phi) is 10.2. The van der Waals surface area contributed by atoms with Gasteiger partial charge in [0.15, 0.2) is 5.60 Å². The Labute approximate surface area is 257 Å². The number of hydrogen-bond acceptors (Lipinski definition) is 4. The van der Waals surface area contributed by atoms with Crippen LogP contribution in [0, 0.1) is 0 Å². The van der Waals surface area contributed by atoms with Gasteiger partial charge in [0.2, 0.25) is 0 Å². The first-order valence-electron chi connectivity index (χ1n) is 13.6. The molecule has 0 atom stereocenters. The number of amides is 1. The number of carboxylic acid groups (broad SMARTS) is 1. The van der Waals surface area contributed by atoms with Crippen molar-refractivity contribution in [2.45, 2.75) is 44.1 Å². The van der Waals surface area contributed by atoms with Crippen LogP contribution in [0.25, 0.3) is 16.8 Å². The van der Waals surface area contributed by atoms with Gasteiger partial charge in [-0.25, -0.2) is 0 Å². The molecule has 198 valence electrons.